The van der Waals surface area contributed by atoms with E-state index in [-0.39, 0.29) is 0 Å². The highest BCUT2D eigenvalue weighted by Gasteiger charge is 2.15. The van der Waals surface area contributed by atoms with Gasteiger partial charge in [0.05, 0.1) is 12.2 Å². The van der Waals surface area contributed by atoms with Crippen LogP contribution < -0.4 is 16.0 Å². The van der Waals surface area contributed by atoms with E-state index in [0.29, 0.717) is 25.6 Å². The molecule has 0 spiro atoms. The molecule has 0 atom stereocenters. The van der Waals surface area contributed by atoms with Crippen LogP contribution in [0.2, 0.25) is 0 Å². The second kappa shape index (κ2) is 10.8. The Morgan fingerprint density at radius 2 is 1.83 bits per heavy atom. The molecular formula is C21H31N5O2S. The molecule has 1 heterocycles. The minimum absolute atomic E-state index is 0.421. The number of benzene rings is 1. The molecule has 0 bridgehead atoms. The summed E-state index contributed by atoms with van der Waals surface area (Å²) < 4.78 is 5.22. The molecule has 2 rings (SSSR count). The van der Waals surface area contributed by atoms with Crippen molar-refractivity contribution < 1.29 is 9.53 Å². The van der Waals surface area contributed by atoms with E-state index in [0.717, 1.165) is 27.7 Å². The maximum Gasteiger partial charge on any atom is 0.407 e. The quantitative estimate of drug-likeness (QED) is 0.363. The summed E-state index contributed by atoms with van der Waals surface area (Å²) in [7, 11) is 0. The average Bonchev–Trinajstić information content (AvgIpc) is 3.03. The van der Waals surface area contributed by atoms with E-state index >= 15 is 0 Å². The number of aliphatic imine (C=N–C) groups is 1. The van der Waals surface area contributed by atoms with E-state index in [2.05, 4.69) is 38.1 Å². The van der Waals surface area contributed by atoms with Gasteiger partial charge in [0.1, 0.15) is 10.6 Å². The van der Waals surface area contributed by atoms with Gasteiger partial charge in [-0.05, 0) is 34.6 Å². The molecule has 1 aromatic heterocycles. The minimum atomic E-state index is -0.501. The van der Waals surface area contributed by atoms with Crippen molar-refractivity contribution in [3.63, 3.8) is 0 Å². The van der Waals surface area contributed by atoms with Gasteiger partial charge in [-0.3, -0.25) is 0 Å². The molecule has 7 nitrogen and oxygen atoms in total. The predicted octanol–water partition coefficient (Wildman–Crippen LogP) is 3.70. The lowest BCUT2D eigenvalue weighted by Crippen LogP contribution is -2.42. The Labute approximate surface area is 177 Å². The first-order chi connectivity index (χ1) is 13.8. The van der Waals surface area contributed by atoms with Crippen LogP contribution in [-0.2, 0) is 11.3 Å². The third kappa shape index (κ3) is 8.11. The maximum absolute atomic E-state index is 11.7. The number of aryl methyl sites for hydroxylation is 1. The molecule has 158 valence electrons. The van der Waals surface area contributed by atoms with Gasteiger partial charge in [-0.25, -0.2) is 14.8 Å². The van der Waals surface area contributed by atoms with Gasteiger partial charge in [-0.1, -0.05) is 30.3 Å². The normalized spacial score (nSPS) is 11.8. The molecule has 0 unspecified atom stereocenters. The minimum Gasteiger partial charge on any atom is -0.444 e. The first-order valence-electron chi connectivity index (χ1n) is 9.79. The van der Waals surface area contributed by atoms with Crippen molar-refractivity contribution in [1.82, 2.24) is 20.9 Å². The molecule has 0 fully saturated rings. The summed E-state index contributed by atoms with van der Waals surface area (Å²) >= 11 is 1.66. The van der Waals surface area contributed by atoms with E-state index < -0.39 is 11.7 Å². The summed E-state index contributed by atoms with van der Waals surface area (Å²) in [4.78, 5) is 22.1. The monoisotopic (exact) mass is 417 g/mol. The van der Waals surface area contributed by atoms with E-state index in [1.54, 1.807) is 11.3 Å². The lowest BCUT2D eigenvalue weighted by molar-refractivity contribution is 0.0529. The fraction of sp³-hybridized carbons (Fsp3) is 0.476. The van der Waals surface area contributed by atoms with Gasteiger partial charge in [0, 0.05) is 30.1 Å². The van der Waals surface area contributed by atoms with Crippen molar-refractivity contribution in [3.05, 3.63) is 40.9 Å². The highest BCUT2D eigenvalue weighted by molar-refractivity contribution is 7.15. The average molecular weight is 418 g/mol. The summed E-state index contributed by atoms with van der Waals surface area (Å²) in [6.45, 7) is 11.8. The molecule has 0 saturated carbocycles. The first kappa shape index (κ1) is 22.7. The Morgan fingerprint density at radius 3 is 2.48 bits per heavy atom. The van der Waals surface area contributed by atoms with Crippen LogP contribution in [0, 0.1) is 6.92 Å². The molecule has 3 N–H and O–H groups in total. The molecule has 8 heteroatoms. The van der Waals surface area contributed by atoms with E-state index in [9.17, 15) is 4.79 Å². The summed E-state index contributed by atoms with van der Waals surface area (Å²) in [5.74, 6) is 0.701. The SMILES string of the molecule is CCNC(=NCc1sc(-c2ccccc2)nc1C)NCCNC(=O)OC(C)(C)C. The zero-order valence-electron chi connectivity index (χ0n) is 17.8. The van der Waals surface area contributed by atoms with Crippen molar-refractivity contribution in [2.45, 2.75) is 46.8 Å². The summed E-state index contributed by atoms with van der Waals surface area (Å²) in [6.07, 6.45) is -0.421. The molecule has 29 heavy (non-hydrogen) atoms. The summed E-state index contributed by atoms with van der Waals surface area (Å²) in [5.41, 5.74) is 1.62. The number of thiazole rings is 1. The van der Waals surface area contributed by atoms with Crippen molar-refractivity contribution in [3.8, 4) is 10.6 Å². The van der Waals surface area contributed by atoms with Crippen LogP contribution in [0.5, 0.6) is 0 Å². The third-order valence-electron chi connectivity index (χ3n) is 3.72. The number of ether oxygens (including phenoxy) is 1. The van der Waals surface area contributed by atoms with Gasteiger partial charge in [0.2, 0.25) is 0 Å². The van der Waals surface area contributed by atoms with Crippen LogP contribution in [0.25, 0.3) is 10.6 Å². The molecule has 0 radical (unpaired) electrons. The number of rotatable bonds is 7. The van der Waals surface area contributed by atoms with Crippen LogP contribution in [0.4, 0.5) is 4.79 Å². The van der Waals surface area contributed by atoms with Crippen molar-refractivity contribution in [2.24, 2.45) is 4.99 Å². The maximum atomic E-state index is 11.7. The second-order valence-electron chi connectivity index (χ2n) is 7.44. The number of carbonyl (C=O) groups excluding carboxylic acids is 1. The number of carbonyl (C=O) groups is 1. The number of aromatic nitrogens is 1. The zero-order valence-corrected chi connectivity index (χ0v) is 18.7. The molecule has 2 aromatic rings. The molecular weight excluding hydrogens is 386 g/mol. The molecule has 1 aromatic carbocycles. The smallest absolute Gasteiger partial charge is 0.407 e. The number of guanidine groups is 1. The van der Waals surface area contributed by atoms with Gasteiger partial charge in [0.15, 0.2) is 5.96 Å². The molecule has 0 aliphatic heterocycles. The van der Waals surface area contributed by atoms with E-state index in [1.807, 2.05) is 52.8 Å². The Bertz CT molecular complexity index is 812. The van der Waals surface area contributed by atoms with E-state index in [1.165, 1.54) is 0 Å². The Hall–Kier alpha value is -2.61. The fourth-order valence-electron chi connectivity index (χ4n) is 2.43. The van der Waals surface area contributed by atoms with Crippen LogP contribution in [0.3, 0.4) is 0 Å². The van der Waals surface area contributed by atoms with Crippen LogP contribution >= 0.6 is 11.3 Å². The van der Waals surface area contributed by atoms with Crippen molar-refractivity contribution >= 4 is 23.4 Å². The molecule has 0 saturated heterocycles. The number of amides is 1. The lowest BCUT2D eigenvalue weighted by atomic mass is 10.2. The van der Waals surface area contributed by atoms with E-state index in [4.69, 9.17) is 4.74 Å². The van der Waals surface area contributed by atoms with Crippen molar-refractivity contribution in [1.29, 1.82) is 0 Å². The van der Waals surface area contributed by atoms with Crippen molar-refractivity contribution in [2.75, 3.05) is 19.6 Å². The fourth-order valence-corrected chi connectivity index (χ4v) is 3.42. The highest BCUT2D eigenvalue weighted by atomic mass is 32.1. The molecule has 0 aliphatic rings. The zero-order chi connectivity index (χ0) is 21.3. The topological polar surface area (TPSA) is 87.6 Å². The molecule has 0 aliphatic carbocycles. The molecule has 1 amide bonds. The number of alkyl carbamates (subject to hydrolysis) is 1. The van der Waals surface area contributed by atoms with Crippen LogP contribution in [0.1, 0.15) is 38.3 Å². The van der Waals surface area contributed by atoms with Gasteiger partial charge >= 0.3 is 6.09 Å². The van der Waals surface area contributed by atoms with Gasteiger partial charge in [0.25, 0.3) is 0 Å². The predicted molar refractivity (Wildman–Crippen MR) is 119 cm³/mol. The Morgan fingerprint density at radius 1 is 1.14 bits per heavy atom. The first-order valence-corrected chi connectivity index (χ1v) is 10.6. The summed E-state index contributed by atoms with van der Waals surface area (Å²) in [6, 6.07) is 10.2. The second-order valence-corrected chi connectivity index (χ2v) is 8.53. The van der Waals surface area contributed by atoms with Gasteiger partial charge < -0.3 is 20.7 Å². The number of nitrogens with zero attached hydrogens (tertiary/aromatic N) is 2. The lowest BCUT2D eigenvalue weighted by Gasteiger charge is -2.19. The number of nitrogens with one attached hydrogen (secondary N) is 3. The van der Waals surface area contributed by atoms with Gasteiger partial charge in [-0.2, -0.15) is 0 Å². The van der Waals surface area contributed by atoms with Gasteiger partial charge in [-0.15, -0.1) is 11.3 Å². The van der Waals surface area contributed by atoms with Crippen LogP contribution in [-0.4, -0.2) is 42.3 Å². The summed E-state index contributed by atoms with van der Waals surface area (Å²) in [5, 5.41) is 10.2. The Balaban J connectivity index is 1.89. The third-order valence-corrected chi connectivity index (χ3v) is 4.92. The van der Waals surface area contributed by atoms with Crippen LogP contribution in [0.15, 0.2) is 35.3 Å². The Kier molecular flexibility index (Phi) is 8.45. The highest BCUT2D eigenvalue weighted by Crippen LogP contribution is 2.28. The largest absolute Gasteiger partial charge is 0.444 e. The number of hydrogen-bond acceptors (Lipinski definition) is 5. The number of hydrogen-bond donors (Lipinski definition) is 3. The standard InChI is InChI=1S/C21H31N5O2S/c1-6-22-19(23-12-13-24-20(27)28-21(3,4)5)25-14-17-15(2)26-18(29-17)16-10-8-7-9-11-16/h7-11H,6,12-14H2,1-5H3,(H,24,27)(H2,22,23,25).